The van der Waals surface area contributed by atoms with Crippen molar-refractivity contribution in [2.75, 3.05) is 6.61 Å². The zero-order chi connectivity index (χ0) is 14.5. The van der Waals surface area contributed by atoms with Gasteiger partial charge in [0.15, 0.2) is 0 Å². The number of nitrogens with zero attached hydrogens (tertiary/aromatic N) is 3. The number of ether oxygens (including phenoxy) is 1. The summed E-state index contributed by atoms with van der Waals surface area (Å²) in [7, 11) is 0. The van der Waals surface area contributed by atoms with Crippen LogP contribution in [0, 0.1) is 17.1 Å². The van der Waals surface area contributed by atoms with Crippen LogP contribution in [-0.2, 0) is 11.3 Å². The van der Waals surface area contributed by atoms with E-state index in [-0.39, 0.29) is 12.1 Å². The average molecular weight is 273 g/mol. The van der Waals surface area contributed by atoms with E-state index in [2.05, 4.69) is 5.10 Å². The van der Waals surface area contributed by atoms with E-state index in [1.165, 1.54) is 35.3 Å². The summed E-state index contributed by atoms with van der Waals surface area (Å²) < 4.78 is 19.4. The highest BCUT2D eigenvalue weighted by molar-refractivity contribution is 5.88. The molecule has 0 amide bonds. The van der Waals surface area contributed by atoms with Crippen molar-refractivity contribution in [3.63, 3.8) is 0 Å². The van der Waals surface area contributed by atoms with E-state index in [4.69, 9.17) is 10.00 Å². The molecule has 0 N–H and O–H groups in total. The van der Waals surface area contributed by atoms with E-state index in [0.717, 1.165) is 0 Å². The Bertz CT molecular complexity index is 673. The molecule has 0 unspecified atom stereocenters. The van der Waals surface area contributed by atoms with Gasteiger partial charge in [-0.1, -0.05) is 6.07 Å². The largest absolute Gasteiger partial charge is 0.462 e. The van der Waals surface area contributed by atoms with Gasteiger partial charge in [0.1, 0.15) is 5.82 Å². The molecule has 5 nitrogen and oxygen atoms in total. The Balaban J connectivity index is 2.19. The molecule has 0 fully saturated rings. The highest BCUT2D eigenvalue weighted by Gasteiger charge is 2.10. The third-order valence-electron chi connectivity index (χ3n) is 2.67. The van der Waals surface area contributed by atoms with Crippen LogP contribution in [0.2, 0.25) is 0 Å². The predicted octanol–water partition coefficient (Wildman–Crippen LogP) is 2.12. The standard InChI is InChI=1S/C14H12FN3O2/c1-2-20-14(19)12-7-17-18(9-12)8-10-3-4-13(15)5-11(10)6-16/h3-5,7,9H,2,8H2,1H3. The van der Waals surface area contributed by atoms with Gasteiger partial charge in [-0.2, -0.15) is 10.4 Å². The number of hydrogen-bond acceptors (Lipinski definition) is 4. The molecule has 0 aliphatic rings. The third-order valence-corrected chi connectivity index (χ3v) is 2.67. The van der Waals surface area contributed by atoms with E-state index in [9.17, 15) is 9.18 Å². The van der Waals surface area contributed by atoms with Crippen LogP contribution in [0.15, 0.2) is 30.6 Å². The Hall–Kier alpha value is -2.68. The fourth-order valence-corrected chi connectivity index (χ4v) is 1.74. The maximum Gasteiger partial charge on any atom is 0.341 e. The number of benzene rings is 1. The summed E-state index contributed by atoms with van der Waals surface area (Å²) in [5.41, 5.74) is 1.22. The van der Waals surface area contributed by atoms with E-state index in [0.29, 0.717) is 17.7 Å². The summed E-state index contributed by atoms with van der Waals surface area (Å²) in [5.74, 6) is -0.906. The Kier molecular flexibility index (Phi) is 4.11. The number of nitriles is 1. The van der Waals surface area contributed by atoms with Gasteiger partial charge in [0.25, 0.3) is 0 Å². The molecule has 0 bridgehead atoms. The van der Waals surface area contributed by atoms with Gasteiger partial charge in [-0.3, -0.25) is 4.68 Å². The lowest BCUT2D eigenvalue weighted by Crippen LogP contribution is -2.04. The summed E-state index contributed by atoms with van der Waals surface area (Å²) in [6.45, 7) is 2.29. The van der Waals surface area contributed by atoms with Crippen LogP contribution in [0.25, 0.3) is 0 Å². The molecular weight excluding hydrogens is 261 g/mol. The molecule has 2 aromatic rings. The van der Waals surface area contributed by atoms with Crippen LogP contribution in [0.4, 0.5) is 4.39 Å². The average Bonchev–Trinajstić information content (AvgIpc) is 2.89. The van der Waals surface area contributed by atoms with Crippen molar-refractivity contribution in [1.29, 1.82) is 5.26 Å². The minimum atomic E-state index is -0.460. The second-order valence-corrected chi connectivity index (χ2v) is 4.06. The van der Waals surface area contributed by atoms with Crippen molar-refractivity contribution >= 4 is 5.97 Å². The lowest BCUT2D eigenvalue weighted by Gasteiger charge is -2.04. The molecule has 0 saturated heterocycles. The van der Waals surface area contributed by atoms with Gasteiger partial charge >= 0.3 is 5.97 Å². The second kappa shape index (κ2) is 5.97. The molecule has 0 saturated carbocycles. The number of aromatic nitrogens is 2. The summed E-state index contributed by atoms with van der Waals surface area (Å²) in [5, 5.41) is 13.0. The number of carbonyl (C=O) groups is 1. The topological polar surface area (TPSA) is 67.9 Å². The van der Waals surface area contributed by atoms with Crippen LogP contribution >= 0.6 is 0 Å². The predicted molar refractivity (Wildman–Crippen MR) is 68.4 cm³/mol. The number of rotatable bonds is 4. The first kappa shape index (κ1) is 13.7. The Morgan fingerprint density at radius 3 is 3.05 bits per heavy atom. The molecule has 0 aliphatic carbocycles. The molecule has 20 heavy (non-hydrogen) atoms. The molecule has 0 radical (unpaired) electrons. The summed E-state index contributed by atoms with van der Waals surface area (Å²) in [4.78, 5) is 11.5. The monoisotopic (exact) mass is 273 g/mol. The van der Waals surface area contributed by atoms with Crippen molar-refractivity contribution in [1.82, 2.24) is 9.78 Å². The van der Waals surface area contributed by atoms with Crippen LogP contribution in [0.1, 0.15) is 28.4 Å². The maximum absolute atomic E-state index is 13.0. The van der Waals surface area contributed by atoms with Crippen molar-refractivity contribution in [3.8, 4) is 6.07 Å². The number of carbonyl (C=O) groups excluding carboxylic acids is 1. The summed E-state index contributed by atoms with van der Waals surface area (Å²) >= 11 is 0. The van der Waals surface area contributed by atoms with Crippen LogP contribution in [0.3, 0.4) is 0 Å². The molecule has 0 atom stereocenters. The third kappa shape index (κ3) is 3.01. The minimum absolute atomic E-state index is 0.248. The highest BCUT2D eigenvalue weighted by atomic mass is 19.1. The molecule has 1 aromatic heterocycles. The molecule has 0 aliphatic heterocycles. The smallest absolute Gasteiger partial charge is 0.341 e. The molecule has 1 aromatic carbocycles. The Morgan fingerprint density at radius 1 is 1.55 bits per heavy atom. The van der Waals surface area contributed by atoms with Gasteiger partial charge in [0.2, 0.25) is 0 Å². The van der Waals surface area contributed by atoms with Crippen molar-refractivity contribution in [2.45, 2.75) is 13.5 Å². The van der Waals surface area contributed by atoms with E-state index < -0.39 is 11.8 Å². The van der Waals surface area contributed by atoms with Gasteiger partial charge in [0.05, 0.1) is 36.5 Å². The number of esters is 1. The van der Waals surface area contributed by atoms with Crippen molar-refractivity contribution in [3.05, 3.63) is 53.1 Å². The van der Waals surface area contributed by atoms with E-state index >= 15 is 0 Å². The Labute approximate surface area is 115 Å². The van der Waals surface area contributed by atoms with Crippen LogP contribution < -0.4 is 0 Å². The fraction of sp³-hybridized carbons (Fsp3) is 0.214. The first-order valence-electron chi connectivity index (χ1n) is 6.02. The van der Waals surface area contributed by atoms with Gasteiger partial charge in [-0.15, -0.1) is 0 Å². The Morgan fingerprint density at radius 2 is 2.35 bits per heavy atom. The summed E-state index contributed by atoms with van der Waals surface area (Å²) in [6, 6.07) is 5.92. The van der Waals surface area contributed by atoms with E-state index in [1.54, 1.807) is 6.92 Å². The number of halogens is 1. The van der Waals surface area contributed by atoms with Gasteiger partial charge in [-0.25, -0.2) is 9.18 Å². The van der Waals surface area contributed by atoms with Crippen LogP contribution in [-0.4, -0.2) is 22.4 Å². The molecule has 1 heterocycles. The molecule has 6 heteroatoms. The van der Waals surface area contributed by atoms with Crippen LogP contribution in [0.5, 0.6) is 0 Å². The lowest BCUT2D eigenvalue weighted by molar-refractivity contribution is 0.0526. The SMILES string of the molecule is CCOC(=O)c1cnn(Cc2ccc(F)cc2C#N)c1. The number of hydrogen-bond donors (Lipinski definition) is 0. The normalized spacial score (nSPS) is 10.1. The summed E-state index contributed by atoms with van der Waals surface area (Å²) in [6.07, 6.45) is 2.93. The van der Waals surface area contributed by atoms with Gasteiger partial charge < -0.3 is 4.74 Å². The first-order valence-corrected chi connectivity index (χ1v) is 6.02. The quantitative estimate of drug-likeness (QED) is 0.800. The highest BCUT2D eigenvalue weighted by Crippen LogP contribution is 2.12. The molecule has 102 valence electrons. The van der Waals surface area contributed by atoms with Gasteiger partial charge in [-0.05, 0) is 24.6 Å². The van der Waals surface area contributed by atoms with Gasteiger partial charge in [0, 0.05) is 6.20 Å². The maximum atomic E-state index is 13.0. The van der Waals surface area contributed by atoms with Crippen molar-refractivity contribution < 1.29 is 13.9 Å². The zero-order valence-electron chi connectivity index (χ0n) is 10.8. The fourth-order valence-electron chi connectivity index (χ4n) is 1.74. The lowest BCUT2D eigenvalue weighted by atomic mass is 10.1. The molecule has 2 rings (SSSR count). The van der Waals surface area contributed by atoms with E-state index in [1.807, 2.05) is 6.07 Å². The molecular formula is C14H12FN3O2. The first-order chi connectivity index (χ1) is 9.63. The van der Waals surface area contributed by atoms with Crippen molar-refractivity contribution in [2.24, 2.45) is 0 Å². The minimum Gasteiger partial charge on any atom is -0.462 e. The molecule has 0 spiro atoms. The second-order valence-electron chi connectivity index (χ2n) is 4.06. The zero-order valence-corrected chi connectivity index (χ0v) is 10.8.